The van der Waals surface area contributed by atoms with Gasteiger partial charge in [-0.25, -0.2) is 4.98 Å². The monoisotopic (exact) mass is 287 g/mol. The van der Waals surface area contributed by atoms with Gasteiger partial charge in [0.2, 0.25) is 5.88 Å². The molecule has 1 aliphatic rings. The average Bonchev–Trinajstić information content (AvgIpc) is 2.49. The molecule has 1 aliphatic heterocycles. The van der Waals surface area contributed by atoms with E-state index in [-0.39, 0.29) is 5.75 Å². The molecule has 112 valence electrons. The summed E-state index contributed by atoms with van der Waals surface area (Å²) in [6, 6.07) is 8.93. The van der Waals surface area contributed by atoms with E-state index in [1.165, 1.54) is 0 Å². The lowest BCUT2D eigenvalue weighted by Gasteiger charge is -2.32. The predicted molar refractivity (Wildman–Crippen MR) is 82.8 cm³/mol. The van der Waals surface area contributed by atoms with Crippen molar-refractivity contribution in [2.75, 3.05) is 46.4 Å². The number of ether oxygens (including phenoxy) is 1. The SMILES string of the molecule is CN1CCN(CCOc2ccc3cc(O)ccc3n2)CC1. The molecule has 1 aromatic heterocycles. The highest BCUT2D eigenvalue weighted by molar-refractivity contribution is 5.80. The molecule has 0 aliphatic carbocycles. The van der Waals surface area contributed by atoms with E-state index in [0.717, 1.165) is 43.6 Å². The Hall–Kier alpha value is -1.85. The normalized spacial score (nSPS) is 17.2. The molecule has 1 saturated heterocycles. The summed E-state index contributed by atoms with van der Waals surface area (Å²) in [5, 5.41) is 10.4. The zero-order valence-electron chi connectivity index (χ0n) is 12.3. The number of aromatic hydroxyl groups is 1. The molecule has 5 heteroatoms. The fraction of sp³-hybridized carbons (Fsp3) is 0.438. The summed E-state index contributed by atoms with van der Waals surface area (Å²) in [5.74, 6) is 0.898. The third-order valence-corrected chi connectivity index (χ3v) is 3.90. The van der Waals surface area contributed by atoms with Crippen LogP contribution in [0.1, 0.15) is 0 Å². The number of likely N-dealkylation sites (N-methyl/N-ethyl adjacent to an activating group) is 1. The molecule has 1 aromatic carbocycles. The van der Waals surface area contributed by atoms with Crippen LogP contribution in [0.25, 0.3) is 10.9 Å². The van der Waals surface area contributed by atoms with E-state index in [0.29, 0.717) is 12.5 Å². The van der Waals surface area contributed by atoms with E-state index in [1.54, 1.807) is 18.2 Å². The summed E-state index contributed by atoms with van der Waals surface area (Å²) < 4.78 is 5.75. The maximum atomic E-state index is 9.44. The zero-order valence-corrected chi connectivity index (χ0v) is 12.3. The minimum atomic E-state index is 0.257. The molecule has 1 N–H and O–H groups in total. The second-order valence-electron chi connectivity index (χ2n) is 5.52. The number of piperazine rings is 1. The summed E-state index contributed by atoms with van der Waals surface area (Å²) in [5.41, 5.74) is 0.838. The first-order valence-corrected chi connectivity index (χ1v) is 7.34. The fourth-order valence-electron chi connectivity index (χ4n) is 2.53. The standard InChI is InChI=1S/C16H21N3O2/c1-18-6-8-19(9-7-18)10-11-21-16-5-2-13-12-14(20)3-4-15(13)17-16/h2-5,12,20H,6-11H2,1H3. The number of nitrogens with zero attached hydrogens (tertiary/aromatic N) is 3. The molecule has 2 heterocycles. The smallest absolute Gasteiger partial charge is 0.213 e. The first-order chi connectivity index (χ1) is 10.2. The van der Waals surface area contributed by atoms with E-state index in [1.807, 2.05) is 12.1 Å². The minimum absolute atomic E-state index is 0.257. The number of hydrogen-bond acceptors (Lipinski definition) is 5. The Bertz CT molecular complexity index is 609. The largest absolute Gasteiger partial charge is 0.508 e. The number of phenolic OH excluding ortho intramolecular Hbond substituents is 1. The van der Waals surface area contributed by atoms with E-state index in [9.17, 15) is 5.11 Å². The van der Waals surface area contributed by atoms with Gasteiger partial charge in [0.1, 0.15) is 12.4 Å². The zero-order chi connectivity index (χ0) is 14.7. The van der Waals surface area contributed by atoms with Gasteiger partial charge in [-0.1, -0.05) is 0 Å². The van der Waals surface area contributed by atoms with E-state index < -0.39 is 0 Å². The molecular formula is C16H21N3O2. The third kappa shape index (κ3) is 3.62. The quantitative estimate of drug-likeness (QED) is 0.925. The van der Waals surface area contributed by atoms with Crippen LogP contribution >= 0.6 is 0 Å². The summed E-state index contributed by atoms with van der Waals surface area (Å²) in [7, 11) is 2.16. The second-order valence-corrected chi connectivity index (χ2v) is 5.52. The van der Waals surface area contributed by atoms with Crippen molar-refractivity contribution in [2.24, 2.45) is 0 Å². The van der Waals surface area contributed by atoms with Gasteiger partial charge in [-0.2, -0.15) is 0 Å². The molecule has 0 spiro atoms. The topological polar surface area (TPSA) is 48.8 Å². The number of benzene rings is 1. The molecule has 0 saturated carbocycles. The number of pyridine rings is 1. The Morgan fingerprint density at radius 2 is 1.95 bits per heavy atom. The van der Waals surface area contributed by atoms with Crippen molar-refractivity contribution in [1.29, 1.82) is 0 Å². The van der Waals surface area contributed by atoms with E-state index >= 15 is 0 Å². The van der Waals surface area contributed by atoms with Crippen molar-refractivity contribution in [3.63, 3.8) is 0 Å². The van der Waals surface area contributed by atoms with Gasteiger partial charge in [-0.3, -0.25) is 4.90 Å². The number of phenols is 1. The van der Waals surface area contributed by atoms with E-state index in [2.05, 4.69) is 21.8 Å². The van der Waals surface area contributed by atoms with Crippen molar-refractivity contribution in [1.82, 2.24) is 14.8 Å². The van der Waals surface area contributed by atoms with Gasteiger partial charge in [0.25, 0.3) is 0 Å². The van der Waals surface area contributed by atoms with Crippen LogP contribution in [0, 0.1) is 0 Å². The molecule has 0 radical (unpaired) electrons. The van der Waals surface area contributed by atoms with Gasteiger partial charge in [-0.15, -0.1) is 0 Å². The van der Waals surface area contributed by atoms with Crippen molar-refractivity contribution < 1.29 is 9.84 Å². The third-order valence-electron chi connectivity index (χ3n) is 3.90. The van der Waals surface area contributed by atoms with Crippen LogP contribution in [0.4, 0.5) is 0 Å². The number of fused-ring (bicyclic) bond motifs is 1. The molecular weight excluding hydrogens is 266 g/mol. The predicted octanol–water partition coefficient (Wildman–Crippen LogP) is 1.57. The second kappa shape index (κ2) is 6.28. The van der Waals surface area contributed by atoms with Crippen molar-refractivity contribution >= 4 is 10.9 Å². The molecule has 21 heavy (non-hydrogen) atoms. The number of aromatic nitrogens is 1. The lowest BCUT2D eigenvalue weighted by molar-refractivity contribution is 0.132. The fourth-order valence-corrected chi connectivity index (χ4v) is 2.53. The van der Waals surface area contributed by atoms with Crippen molar-refractivity contribution in [3.8, 4) is 11.6 Å². The van der Waals surface area contributed by atoms with Gasteiger partial charge in [-0.05, 0) is 31.3 Å². The summed E-state index contributed by atoms with van der Waals surface area (Å²) in [4.78, 5) is 9.21. The van der Waals surface area contributed by atoms with Gasteiger partial charge < -0.3 is 14.7 Å². The molecule has 0 amide bonds. The highest BCUT2D eigenvalue weighted by Gasteiger charge is 2.13. The van der Waals surface area contributed by atoms with Crippen LogP contribution in [0.15, 0.2) is 30.3 Å². The summed E-state index contributed by atoms with van der Waals surface area (Å²) in [6.45, 7) is 6.04. The minimum Gasteiger partial charge on any atom is -0.508 e. The van der Waals surface area contributed by atoms with Gasteiger partial charge in [0.05, 0.1) is 5.52 Å². The van der Waals surface area contributed by atoms with Crippen LogP contribution in [0.3, 0.4) is 0 Å². The molecule has 0 bridgehead atoms. The molecule has 5 nitrogen and oxygen atoms in total. The first-order valence-electron chi connectivity index (χ1n) is 7.34. The summed E-state index contributed by atoms with van der Waals surface area (Å²) >= 11 is 0. The van der Waals surface area contributed by atoms with Gasteiger partial charge >= 0.3 is 0 Å². The lowest BCUT2D eigenvalue weighted by atomic mass is 10.2. The maximum absolute atomic E-state index is 9.44. The van der Waals surface area contributed by atoms with Gasteiger partial charge in [0, 0.05) is 44.2 Å². The average molecular weight is 287 g/mol. The molecule has 0 atom stereocenters. The van der Waals surface area contributed by atoms with Crippen LogP contribution in [-0.4, -0.2) is 66.3 Å². The van der Waals surface area contributed by atoms with Crippen LogP contribution in [0.5, 0.6) is 11.6 Å². The number of hydrogen-bond donors (Lipinski definition) is 1. The first kappa shape index (κ1) is 14.1. The Morgan fingerprint density at radius 3 is 2.76 bits per heavy atom. The lowest BCUT2D eigenvalue weighted by Crippen LogP contribution is -2.45. The number of rotatable bonds is 4. The maximum Gasteiger partial charge on any atom is 0.213 e. The van der Waals surface area contributed by atoms with E-state index in [4.69, 9.17) is 4.74 Å². The highest BCUT2D eigenvalue weighted by atomic mass is 16.5. The highest BCUT2D eigenvalue weighted by Crippen LogP contribution is 2.20. The van der Waals surface area contributed by atoms with Crippen LogP contribution in [0.2, 0.25) is 0 Å². The Labute approximate surface area is 124 Å². The van der Waals surface area contributed by atoms with Crippen LogP contribution in [-0.2, 0) is 0 Å². The van der Waals surface area contributed by atoms with Crippen molar-refractivity contribution in [2.45, 2.75) is 0 Å². The Balaban J connectivity index is 1.54. The van der Waals surface area contributed by atoms with Crippen LogP contribution < -0.4 is 4.74 Å². The molecule has 1 fully saturated rings. The Morgan fingerprint density at radius 1 is 1.14 bits per heavy atom. The summed E-state index contributed by atoms with van der Waals surface area (Å²) in [6.07, 6.45) is 0. The van der Waals surface area contributed by atoms with Gasteiger partial charge in [0.15, 0.2) is 0 Å². The Kier molecular flexibility index (Phi) is 4.22. The van der Waals surface area contributed by atoms with Crippen molar-refractivity contribution in [3.05, 3.63) is 30.3 Å². The molecule has 3 rings (SSSR count). The molecule has 0 unspecified atom stereocenters. The molecule has 2 aromatic rings.